The van der Waals surface area contributed by atoms with E-state index in [1.807, 2.05) is 56.1 Å². The molecule has 3 rings (SSSR count). The number of benzene rings is 1. The quantitative estimate of drug-likeness (QED) is 0.733. The van der Waals surface area contributed by atoms with E-state index in [9.17, 15) is 4.79 Å². The maximum absolute atomic E-state index is 12.7. The molecule has 1 unspecified atom stereocenters. The molecule has 1 aliphatic heterocycles. The number of rotatable bonds is 7. The number of hydrogen-bond donors (Lipinski definition) is 0. The molecule has 2 aromatic rings. The van der Waals surface area contributed by atoms with Gasteiger partial charge in [-0.2, -0.15) is 0 Å². The summed E-state index contributed by atoms with van der Waals surface area (Å²) in [5.41, 5.74) is 3.14. The highest BCUT2D eigenvalue weighted by Crippen LogP contribution is 2.28. The Bertz CT molecular complexity index is 809. The summed E-state index contributed by atoms with van der Waals surface area (Å²) >= 11 is 0. The number of ether oxygens (including phenoxy) is 2. The molecule has 1 fully saturated rings. The van der Waals surface area contributed by atoms with Crippen LogP contribution in [0.5, 0.6) is 5.75 Å². The van der Waals surface area contributed by atoms with E-state index in [2.05, 4.69) is 9.97 Å². The lowest BCUT2D eigenvalue weighted by Crippen LogP contribution is -2.42. The molecule has 150 valence electrons. The highest BCUT2D eigenvalue weighted by atomic mass is 16.5. The van der Waals surface area contributed by atoms with Crippen LogP contribution in [-0.2, 0) is 16.1 Å². The second-order valence-electron chi connectivity index (χ2n) is 7.25. The molecule has 0 spiro atoms. The number of aryl methyl sites for hydroxylation is 2. The second kappa shape index (κ2) is 9.64. The van der Waals surface area contributed by atoms with E-state index in [4.69, 9.17) is 9.47 Å². The number of piperidine rings is 1. The lowest BCUT2D eigenvalue weighted by Gasteiger charge is -2.33. The fourth-order valence-electron chi connectivity index (χ4n) is 3.56. The van der Waals surface area contributed by atoms with Crippen molar-refractivity contribution in [2.45, 2.75) is 46.1 Å². The van der Waals surface area contributed by atoms with Crippen molar-refractivity contribution in [2.75, 3.05) is 26.3 Å². The molecule has 0 bridgehead atoms. The summed E-state index contributed by atoms with van der Waals surface area (Å²) in [7, 11) is 0. The van der Waals surface area contributed by atoms with Crippen LogP contribution in [0, 0.1) is 13.8 Å². The molecule has 1 aliphatic rings. The second-order valence-corrected chi connectivity index (χ2v) is 7.25. The summed E-state index contributed by atoms with van der Waals surface area (Å²) < 4.78 is 11.3. The van der Waals surface area contributed by atoms with Crippen molar-refractivity contribution in [3.05, 3.63) is 53.1 Å². The zero-order valence-corrected chi connectivity index (χ0v) is 17.0. The van der Waals surface area contributed by atoms with Crippen LogP contribution in [0.4, 0.5) is 0 Å². The topological polar surface area (TPSA) is 64.6 Å². The molecule has 1 aromatic heterocycles. The van der Waals surface area contributed by atoms with E-state index >= 15 is 0 Å². The lowest BCUT2D eigenvalue weighted by atomic mass is 9.92. The first-order valence-corrected chi connectivity index (χ1v) is 9.94. The van der Waals surface area contributed by atoms with Crippen molar-refractivity contribution >= 4 is 5.91 Å². The normalized spacial score (nSPS) is 16.8. The van der Waals surface area contributed by atoms with Gasteiger partial charge in [-0.15, -0.1) is 0 Å². The zero-order chi connectivity index (χ0) is 19.9. The number of nitrogens with zero attached hydrogens (tertiary/aromatic N) is 3. The van der Waals surface area contributed by atoms with Gasteiger partial charge in [-0.3, -0.25) is 4.79 Å². The summed E-state index contributed by atoms with van der Waals surface area (Å²) in [4.78, 5) is 23.6. The van der Waals surface area contributed by atoms with Gasteiger partial charge in [-0.25, -0.2) is 9.97 Å². The number of likely N-dealkylation sites (tertiary alicyclic amines) is 1. The third-order valence-electron chi connectivity index (χ3n) is 4.99. The minimum atomic E-state index is 0.0170. The Hall–Kier alpha value is -2.47. The third-order valence-corrected chi connectivity index (χ3v) is 4.99. The van der Waals surface area contributed by atoms with Crippen LogP contribution in [0.3, 0.4) is 0 Å². The van der Waals surface area contributed by atoms with Gasteiger partial charge in [0.05, 0.1) is 12.3 Å². The average molecular weight is 383 g/mol. The number of carbonyl (C=O) groups excluding carboxylic acids is 1. The molecule has 1 amide bonds. The van der Waals surface area contributed by atoms with E-state index in [1.54, 1.807) is 0 Å². The van der Waals surface area contributed by atoms with Crippen molar-refractivity contribution < 1.29 is 14.3 Å². The van der Waals surface area contributed by atoms with Crippen LogP contribution >= 0.6 is 0 Å². The van der Waals surface area contributed by atoms with Crippen molar-refractivity contribution in [1.82, 2.24) is 14.9 Å². The molecule has 0 aliphatic carbocycles. The summed E-state index contributed by atoms with van der Waals surface area (Å²) in [5.74, 6) is 1.70. The standard InChI is InChI=1S/C22H29N3O3/c1-4-27-14-19-12-23-17(3)24-22(19)18-8-6-10-25(13-18)21(26)15-28-20-9-5-7-16(2)11-20/h5,7,9,11-12,18H,4,6,8,10,13-15H2,1-3H3. The lowest BCUT2D eigenvalue weighted by molar-refractivity contribution is -0.134. The predicted molar refractivity (Wildman–Crippen MR) is 107 cm³/mol. The van der Waals surface area contributed by atoms with Crippen LogP contribution in [0.2, 0.25) is 0 Å². The first-order chi connectivity index (χ1) is 13.6. The van der Waals surface area contributed by atoms with Gasteiger partial charge in [0.15, 0.2) is 6.61 Å². The summed E-state index contributed by atoms with van der Waals surface area (Å²) in [6.07, 6.45) is 3.82. The Labute approximate surface area is 166 Å². The number of amides is 1. The fraction of sp³-hybridized carbons (Fsp3) is 0.500. The van der Waals surface area contributed by atoms with Crippen LogP contribution in [0.1, 0.15) is 48.3 Å². The van der Waals surface area contributed by atoms with Gasteiger partial charge in [-0.1, -0.05) is 12.1 Å². The summed E-state index contributed by atoms with van der Waals surface area (Å²) in [5, 5.41) is 0. The maximum Gasteiger partial charge on any atom is 0.260 e. The minimum Gasteiger partial charge on any atom is -0.484 e. The van der Waals surface area contributed by atoms with E-state index in [0.29, 0.717) is 19.8 Å². The Morgan fingerprint density at radius 1 is 1.32 bits per heavy atom. The van der Waals surface area contributed by atoms with Gasteiger partial charge < -0.3 is 14.4 Å². The largest absolute Gasteiger partial charge is 0.484 e. The summed E-state index contributed by atoms with van der Waals surface area (Å²) in [6, 6.07) is 7.76. The van der Waals surface area contributed by atoms with Crippen LogP contribution in [0.15, 0.2) is 30.5 Å². The smallest absolute Gasteiger partial charge is 0.260 e. The first-order valence-electron chi connectivity index (χ1n) is 9.94. The van der Waals surface area contributed by atoms with E-state index in [-0.39, 0.29) is 18.4 Å². The molecule has 1 aromatic carbocycles. The third kappa shape index (κ3) is 5.29. The van der Waals surface area contributed by atoms with Crippen molar-refractivity contribution in [2.24, 2.45) is 0 Å². The predicted octanol–water partition coefficient (Wildman–Crippen LogP) is 3.41. The van der Waals surface area contributed by atoms with E-state index in [0.717, 1.165) is 47.8 Å². The molecule has 0 N–H and O–H groups in total. The molecule has 2 heterocycles. The van der Waals surface area contributed by atoms with Gasteiger partial charge in [-0.05, 0) is 51.3 Å². The monoisotopic (exact) mass is 383 g/mol. The van der Waals surface area contributed by atoms with Gasteiger partial charge in [0.2, 0.25) is 0 Å². The summed E-state index contributed by atoms with van der Waals surface area (Å²) in [6.45, 7) is 8.52. The molecule has 1 saturated heterocycles. The average Bonchev–Trinajstić information content (AvgIpc) is 2.71. The fourth-order valence-corrected chi connectivity index (χ4v) is 3.56. The highest BCUT2D eigenvalue weighted by Gasteiger charge is 2.27. The van der Waals surface area contributed by atoms with Gasteiger partial charge in [0.1, 0.15) is 11.6 Å². The Balaban J connectivity index is 1.65. The number of hydrogen-bond acceptors (Lipinski definition) is 5. The van der Waals surface area contributed by atoms with Gasteiger partial charge in [0.25, 0.3) is 5.91 Å². The Morgan fingerprint density at radius 2 is 2.18 bits per heavy atom. The molecule has 0 saturated carbocycles. The molecule has 6 nitrogen and oxygen atoms in total. The van der Waals surface area contributed by atoms with Crippen molar-refractivity contribution in [3.63, 3.8) is 0 Å². The van der Waals surface area contributed by atoms with Crippen LogP contribution in [0.25, 0.3) is 0 Å². The molecule has 1 atom stereocenters. The SMILES string of the molecule is CCOCc1cnc(C)nc1C1CCCN(C(=O)COc2cccc(C)c2)C1. The van der Waals surface area contributed by atoms with Gasteiger partial charge in [0, 0.05) is 37.4 Å². The van der Waals surface area contributed by atoms with Crippen molar-refractivity contribution in [3.8, 4) is 5.75 Å². The highest BCUT2D eigenvalue weighted by molar-refractivity contribution is 5.78. The molecular formula is C22H29N3O3. The van der Waals surface area contributed by atoms with Gasteiger partial charge >= 0.3 is 0 Å². The Morgan fingerprint density at radius 3 is 2.96 bits per heavy atom. The first kappa shape index (κ1) is 20.3. The Kier molecular flexibility index (Phi) is 6.98. The molecule has 0 radical (unpaired) electrons. The number of carbonyl (C=O) groups is 1. The molecule has 28 heavy (non-hydrogen) atoms. The number of aromatic nitrogens is 2. The molecule has 6 heteroatoms. The van der Waals surface area contributed by atoms with Crippen LogP contribution in [-0.4, -0.2) is 47.1 Å². The minimum absolute atomic E-state index is 0.0170. The molecular weight excluding hydrogens is 354 g/mol. The van der Waals surface area contributed by atoms with E-state index in [1.165, 1.54) is 0 Å². The maximum atomic E-state index is 12.7. The van der Waals surface area contributed by atoms with E-state index < -0.39 is 0 Å². The van der Waals surface area contributed by atoms with Crippen LogP contribution < -0.4 is 4.74 Å². The zero-order valence-electron chi connectivity index (χ0n) is 17.0. The van der Waals surface area contributed by atoms with Crippen molar-refractivity contribution in [1.29, 1.82) is 0 Å².